The molecular weight excluding hydrogens is 373 g/mol. The number of aryl methyl sites for hydroxylation is 1. The van der Waals surface area contributed by atoms with Gasteiger partial charge in [-0.05, 0) is 25.8 Å². The quantitative estimate of drug-likeness (QED) is 0.623. The van der Waals surface area contributed by atoms with E-state index in [9.17, 15) is 19.1 Å². The number of H-pyrrole nitrogens is 2. The minimum absolute atomic E-state index is 0.211. The van der Waals surface area contributed by atoms with Crippen molar-refractivity contribution in [1.82, 2.24) is 25.1 Å². The molecule has 27 heavy (non-hydrogen) atoms. The highest BCUT2D eigenvalue weighted by Gasteiger charge is 2.55. The molecule has 5 rings (SSSR count). The molecule has 1 saturated carbocycles. The summed E-state index contributed by atoms with van der Waals surface area (Å²) < 4.78 is 14.7. The monoisotopic (exact) mass is 389 g/mol. The fourth-order valence-electron chi connectivity index (χ4n) is 4.42. The lowest BCUT2D eigenvalue weighted by atomic mass is 9.96. The number of nitrogens with one attached hydrogen (secondary N) is 2. The first-order chi connectivity index (χ1) is 12.9. The van der Waals surface area contributed by atoms with Gasteiger partial charge in [0.2, 0.25) is 0 Å². The number of piperidine rings is 1. The Hall–Kier alpha value is -2.75. The van der Waals surface area contributed by atoms with Gasteiger partial charge in [0.1, 0.15) is 16.7 Å². The maximum atomic E-state index is 14.3. The third-order valence-electron chi connectivity index (χ3n) is 5.60. The molecule has 1 amide bonds. The van der Waals surface area contributed by atoms with E-state index in [-0.39, 0.29) is 23.8 Å². The number of carboxylic acid groups (broad SMARTS) is 1. The van der Waals surface area contributed by atoms with Gasteiger partial charge in [-0.1, -0.05) is 0 Å². The Morgan fingerprint density at radius 2 is 2.26 bits per heavy atom. The molecular formula is C17H16FN5O3S. The predicted molar refractivity (Wildman–Crippen MR) is 96.6 cm³/mol. The van der Waals surface area contributed by atoms with Gasteiger partial charge in [-0.25, -0.2) is 14.2 Å². The molecule has 3 aromatic heterocycles. The molecule has 140 valence electrons. The van der Waals surface area contributed by atoms with Crippen LogP contribution in [0.2, 0.25) is 0 Å². The molecule has 2 unspecified atom stereocenters. The SMILES string of the molecule is Cc1[nH]ncc1-c1cc2nc(C3[C@@H]4CC(C[C@@H]4F)N3C(=O)O)[nH]c(=O)c2s1. The van der Waals surface area contributed by atoms with Crippen LogP contribution in [0.3, 0.4) is 0 Å². The van der Waals surface area contributed by atoms with Gasteiger partial charge in [0, 0.05) is 28.1 Å². The third kappa shape index (κ3) is 2.32. The first-order valence-corrected chi connectivity index (χ1v) is 9.45. The number of likely N-dealkylation sites (tertiary alicyclic amines) is 1. The van der Waals surface area contributed by atoms with E-state index in [4.69, 9.17) is 0 Å². The Kier molecular flexibility index (Phi) is 3.42. The van der Waals surface area contributed by atoms with Crippen molar-refractivity contribution in [2.45, 2.75) is 38.0 Å². The number of alkyl halides is 1. The van der Waals surface area contributed by atoms with Crippen LogP contribution in [0.1, 0.15) is 30.4 Å². The van der Waals surface area contributed by atoms with Crippen molar-refractivity contribution in [3.05, 3.63) is 34.1 Å². The standard InChI is InChI=1S/C17H16FN5O3S/c1-6-9(5-19-22-6)12-4-11-14(27-12)16(24)21-15(20-11)13-8-2-7(3-10(8)18)23(13)17(25)26/h4-5,7-8,10,13H,2-3H2,1H3,(H,19,22)(H,25,26)(H,20,21,24)/t7?,8-,10+,13?/m1/s1. The molecule has 0 radical (unpaired) electrons. The van der Waals surface area contributed by atoms with Crippen molar-refractivity contribution in [3.8, 4) is 10.4 Å². The summed E-state index contributed by atoms with van der Waals surface area (Å²) in [5.41, 5.74) is 1.91. The molecule has 1 aliphatic heterocycles. The largest absolute Gasteiger partial charge is 0.465 e. The van der Waals surface area contributed by atoms with Crippen LogP contribution in [0.5, 0.6) is 0 Å². The maximum Gasteiger partial charge on any atom is 0.408 e. The Bertz CT molecular complexity index is 1120. The van der Waals surface area contributed by atoms with Crippen LogP contribution in [0.25, 0.3) is 20.7 Å². The Labute approximate surface area is 156 Å². The van der Waals surface area contributed by atoms with Crippen LogP contribution >= 0.6 is 11.3 Å². The van der Waals surface area contributed by atoms with Crippen molar-refractivity contribution in [2.75, 3.05) is 0 Å². The summed E-state index contributed by atoms with van der Waals surface area (Å²) in [4.78, 5) is 33.6. The van der Waals surface area contributed by atoms with Gasteiger partial charge in [0.25, 0.3) is 5.56 Å². The number of rotatable bonds is 2. The zero-order chi connectivity index (χ0) is 18.9. The lowest BCUT2D eigenvalue weighted by molar-refractivity contribution is 0.0691. The van der Waals surface area contributed by atoms with Crippen LogP contribution in [0.4, 0.5) is 9.18 Å². The summed E-state index contributed by atoms with van der Waals surface area (Å²) >= 11 is 1.30. The Balaban J connectivity index is 1.63. The molecule has 8 nitrogen and oxygen atoms in total. The molecule has 2 aliphatic rings. The number of hydrogen-bond acceptors (Lipinski definition) is 5. The van der Waals surface area contributed by atoms with Crippen LogP contribution < -0.4 is 5.56 Å². The number of aromatic amines is 2. The number of carbonyl (C=O) groups is 1. The molecule has 4 atom stereocenters. The number of halogens is 1. The molecule has 3 N–H and O–H groups in total. The molecule has 2 bridgehead atoms. The molecule has 3 aromatic rings. The number of hydrogen-bond donors (Lipinski definition) is 3. The summed E-state index contributed by atoms with van der Waals surface area (Å²) in [6.45, 7) is 1.89. The number of nitrogens with zero attached hydrogens (tertiary/aromatic N) is 3. The summed E-state index contributed by atoms with van der Waals surface area (Å²) in [5, 5.41) is 16.4. The first kappa shape index (κ1) is 16.4. The average Bonchev–Trinajstić information content (AvgIpc) is 3.35. The summed E-state index contributed by atoms with van der Waals surface area (Å²) in [5.74, 6) is -0.251. The van der Waals surface area contributed by atoms with Crippen molar-refractivity contribution in [1.29, 1.82) is 0 Å². The van der Waals surface area contributed by atoms with E-state index in [2.05, 4.69) is 20.2 Å². The Morgan fingerprint density at radius 3 is 2.96 bits per heavy atom. The zero-order valence-corrected chi connectivity index (χ0v) is 15.1. The predicted octanol–water partition coefficient (Wildman–Crippen LogP) is 2.83. The van der Waals surface area contributed by atoms with Gasteiger partial charge < -0.3 is 10.1 Å². The average molecular weight is 389 g/mol. The van der Waals surface area contributed by atoms with Gasteiger partial charge in [-0.2, -0.15) is 5.10 Å². The second-order valence-corrected chi connectivity index (χ2v) is 8.18. The summed E-state index contributed by atoms with van der Waals surface area (Å²) in [7, 11) is 0. The first-order valence-electron chi connectivity index (χ1n) is 8.63. The Morgan fingerprint density at radius 1 is 1.44 bits per heavy atom. The van der Waals surface area contributed by atoms with Gasteiger partial charge in [0.05, 0.1) is 17.8 Å². The van der Waals surface area contributed by atoms with E-state index < -0.39 is 24.2 Å². The van der Waals surface area contributed by atoms with E-state index in [0.717, 1.165) is 16.1 Å². The summed E-state index contributed by atoms with van der Waals surface area (Å²) in [6.07, 6.45) is 0.168. The van der Waals surface area contributed by atoms with Crippen LogP contribution in [0, 0.1) is 12.8 Å². The third-order valence-corrected chi connectivity index (χ3v) is 6.76. The van der Waals surface area contributed by atoms with E-state index >= 15 is 0 Å². The minimum Gasteiger partial charge on any atom is -0.465 e. The van der Waals surface area contributed by atoms with Gasteiger partial charge in [-0.15, -0.1) is 11.3 Å². The highest BCUT2D eigenvalue weighted by atomic mass is 32.1. The van der Waals surface area contributed by atoms with Crippen molar-refractivity contribution in [3.63, 3.8) is 0 Å². The van der Waals surface area contributed by atoms with Crippen molar-refractivity contribution >= 4 is 27.6 Å². The number of aromatic nitrogens is 4. The topological polar surface area (TPSA) is 115 Å². The fraction of sp³-hybridized carbons (Fsp3) is 0.412. The number of thiophene rings is 1. The summed E-state index contributed by atoms with van der Waals surface area (Å²) in [6, 6.07) is 0.675. The van der Waals surface area contributed by atoms with Crippen molar-refractivity contribution in [2.24, 2.45) is 5.92 Å². The minimum atomic E-state index is -1.11. The zero-order valence-electron chi connectivity index (χ0n) is 14.3. The van der Waals surface area contributed by atoms with E-state index in [1.165, 1.54) is 16.2 Å². The van der Waals surface area contributed by atoms with Crippen LogP contribution in [-0.2, 0) is 0 Å². The second-order valence-electron chi connectivity index (χ2n) is 7.12. The van der Waals surface area contributed by atoms with Crippen molar-refractivity contribution < 1.29 is 14.3 Å². The highest BCUT2D eigenvalue weighted by molar-refractivity contribution is 7.22. The number of fused-ring (bicyclic) bond motifs is 3. The van der Waals surface area contributed by atoms with Gasteiger partial charge >= 0.3 is 6.09 Å². The molecule has 4 heterocycles. The van der Waals surface area contributed by atoms with Crippen LogP contribution in [-0.4, -0.2) is 48.5 Å². The van der Waals surface area contributed by atoms with Gasteiger partial charge in [0.15, 0.2) is 0 Å². The highest BCUT2D eigenvalue weighted by Crippen LogP contribution is 2.50. The molecule has 2 fully saturated rings. The van der Waals surface area contributed by atoms with Crippen LogP contribution in [0.15, 0.2) is 17.1 Å². The fourth-order valence-corrected chi connectivity index (χ4v) is 5.48. The molecule has 10 heteroatoms. The van der Waals surface area contributed by atoms with E-state index in [1.807, 2.05) is 6.92 Å². The molecule has 0 spiro atoms. The van der Waals surface area contributed by atoms with E-state index in [1.54, 1.807) is 12.3 Å². The molecule has 1 aliphatic carbocycles. The number of amides is 1. The van der Waals surface area contributed by atoms with Gasteiger partial charge in [-0.3, -0.25) is 14.8 Å². The molecule has 1 saturated heterocycles. The van der Waals surface area contributed by atoms with E-state index in [0.29, 0.717) is 16.6 Å². The second kappa shape index (κ2) is 5.62. The smallest absolute Gasteiger partial charge is 0.408 e. The lowest BCUT2D eigenvalue weighted by Gasteiger charge is -2.33. The molecule has 0 aromatic carbocycles. The normalized spacial score (nSPS) is 27.0. The maximum absolute atomic E-state index is 14.3. The lowest BCUT2D eigenvalue weighted by Crippen LogP contribution is -2.43.